The number of hydrogen-bond acceptors (Lipinski definition) is 6. The average Bonchev–Trinajstić information content (AvgIpc) is 3.12. The molecule has 0 aliphatic rings. The summed E-state index contributed by atoms with van der Waals surface area (Å²) in [5.74, 6) is -0.712. The molecule has 0 saturated carbocycles. The van der Waals surface area contributed by atoms with Gasteiger partial charge in [-0.2, -0.15) is 0 Å². The van der Waals surface area contributed by atoms with Crippen molar-refractivity contribution < 1.29 is 24.2 Å². The number of nitrogens with zero attached hydrogens (tertiary/aromatic N) is 2. The van der Waals surface area contributed by atoms with Gasteiger partial charge in [0.15, 0.2) is 5.82 Å². The monoisotopic (exact) mass is 678 g/mol. The normalized spacial score (nSPS) is 12.5. The first-order valence-electron chi connectivity index (χ1n) is 17.6. The number of carboxylic acid groups (broad SMARTS) is 1. The van der Waals surface area contributed by atoms with Gasteiger partial charge in [-0.05, 0) is 59.2 Å². The number of unbranched alkanes of at least 4 members (excludes halogenated alkanes) is 4. The topological polar surface area (TPSA) is 131 Å². The van der Waals surface area contributed by atoms with Crippen LogP contribution in [0.15, 0.2) is 85.2 Å². The molecule has 0 radical (unpaired) electrons. The Morgan fingerprint density at radius 1 is 0.740 bits per heavy atom. The van der Waals surface area contributed by atoms with Crippen LogP contribution in [0, 0.1) is 0 Å². The first-order valence-corrected chi connectivity index (χ1v) is 17.6. The molecular formula is C41H50N4O5. The molecule has 9 heteroatoms. The molecule has 4 rings (SSSR count). The van der Waals surface area contributed by atoms with Crippen molar-refractivity contribution in [2.24, 2.45) is 0 Å². The average molecular weight is 679 g/mol. The van der Waals surface area contributed by atoms with Crippen molar-refractivity contribution in [2.75, 3.05) is 6.61 Å². The minimum absolute atomic E-state index is 0.0720. The molecule has 1 aromatic heterocycles. The van der Waals surface area contributed by atoms with Gasteiger partial charge in [-0.1, -0.05) is 109 Å². The van der Waals surface area contributed by atoms with E-state index in [4.69, 9.17) is 4.74 Å². The SMILES string of the molecule is CCCCCCCOc1ccc(-c2cnc(-c3ccc(C[C@H](NC(=O)c4ccc(C(C)(C)C)cc4)C(=O)N[C@@H](CC)C(=O)O)cc3)nc2)cc1. The summed E-state index contributed by atoms with van der Waals surface area (Å²) in [5, 5.41) is 14.9. The molecule has 2 amide bonds. The summed E-state index contributed by atoms with van der Waals surface area (Å²) in [7, 11) is 0. The van der Waals surface area contributed by atoms with E-state index in [0.29, 0.717) is 11.4 Å². The summed E-state index contributed by atoms with van der Waals surface area (Å²) in [5.41, 5.74) is 4.88. The second kappa shape index (κ2) is 18.1. The third kappa shape index (κ3) is 11.0. The van der Waals surface area contributed by atoms with E-state index in [2.05, 4.69) is 48.3 Å². The molecule has 264 valence electrons. The number of aliphatic carboxylic acids is 1. The fourth-order valence-electron chi connectivity index (χ4n) is 5.47. The van der Waals surface area contributed by atoms with Crippen molar-refractivity contribution in [3.05, 3.63) is 102 Å². The summed E-state index contributed by atoms with van der Waals surface area (Å²) in [6.07, 6.45) is 9.95. The Balaban J connectivity index is 1.41. The van der Waals surface area contributed by atoms with E-state index in [1.807, 2.05) is 60.7 Å². The van der Waals surface area contributed by atoms with E-state index >= 15 is 0 Å². The van der Waals surface area contributed by atoms with Gasteiger partial charge in [0.25, 0.3) is 5.91 Å². The van der Waals surface area contributed by atoms with Crippen LogP contribution >= 0.6 is 0 Å². The maximum atomic E-state index is 13.3. The fraction of sp³-hybridized carbons (Fsp3) is 0.390. The van der Waals surface area contributed by atoms with Gasteiger partial charge in [-0.3, -0.25) is 9.59 Å². The first kappa shape index (κ1) is 37.8. The van der Waals surface area contributed by atoms with Crippen molar-refractivity contribution in [3.8, 4) is 28.3 Å². The lowest BCUT2D eigenvalue weighted by Gasteiger charge is -2.22. The summed E-state index contributed by atoms with van der Waals surface area (Å²) >= 11 is 0. The van der Waals surface area contributed by atoms with Gasteiger partial charge in [0, 0.05) is 35.5 Å². The van der Waals surface area contributed by atoms with Gasteiger partial charge in [0.1, 0.15) is 17.8 Å². The Hall–Kier alpha value is -5.05. The van der Waals surface area contributed by atoms with Gasteiger partial charge in [0.2, 0.25) is 5.91 Å². The molecule has 0 saturated heterocycles. The highest BCUT2D eigenvalue weighted by molar-refractivity contribution is 5.98. The maximum Gasteiger partial charge on any atom is 0.326 e. The fourth-order valence-corrected chi connectivity index (χ4v) is 5.47. The predicted molar refractivity (Wildman–Crippen MR) is 197 cm³/mol. The van der Waals surface area contributed by atoms with Crippen molar-refractivity contribution in [3.63, 3.8) is 0 Å². The van der Waals surface area contributed by atoms with Crippen LogP contribution < -0.4 is 15.4 Å². The van der Waals surface area contributed by atoms with Crippen LogP contribution in [-0.2, 0) is 21.4 Å². The van der Waals surface area contributed by atoms with Gasteiger partial charge in [-0.15, -0.1) is 0 Å². The van der Waals surface area contributed by atoms with Gasteiger partial charge < -0.3 is 20.5 Å². The van der Waals surface area contributed by atoms with Crippen molar-refractivity contribution in [1.82, 2.24) is 20.6 Å². The van der Waals surface area contributed by atoms with E-state index < -0.39 is 29.9 Å². The molecule has 0 aliphatic carbocycles. The van der Waals surface area contributed by atoms with E-state index in [1.165, 1.54) is 25.7 Å². The van der Waals surface area contributed by atoms with Crippen LogP contribution in [0.2, 0.25) is 0 Å². The Kier molecular flexibility index (Phi) is 13.7. The number of ether oxygens (including phenoxy) is 1. The van der Waals surface area contributed by atoms with Crippen molar-refractivity contribution >= 4 is 17.8 Å². The molecule has 2 atom stereocenters. The van der Waals surface area contributed by atoms with Crippen LogP contribution in [0.5, 0.6) is 5.75 Å². The molecule has 3 N–H and O–H groups in total. The number of hydrogen-bond donors (Lipinski definition) is 3. The van der Waals surface area contributed by atoms with Crippen LogP contribution in [0.25, 0.3) is 22.5 Å². The number of carbonyl (C=O) groups is 3. The Morgan fingerprint density at radius 3 is 1.94 bits per heavy atom. The molecule has 0 aliphatic heterocycles. The van der Waals surface area contributed by atoms with Crippen LogP contribution in [-0.4, -0.2) is 51.5 Å². The van der Waals surface area contributed by atoms with Crippen LogP contribution in [0.3, 0.4) is 0 Å². The second-order valence-electron chi connectivity index (χ2n) is 13.6. The summed E-state index contributed by atoms with van der Waals surface area (Å²) in [6.45, 7) is 10.9. The van der Waals surface area contributed by atoms with Crippen LogP contribution in [0.4, 0.5) is 0 Å². The van der Waals surface area contributed by atoms with E-state index in [-0.39, 0.29) is 18.3 Å². The number of amides is 2. The Bertz CT molecular complexity index is 1680. The number of carboxylic acids is 1. The number of nitrogens with one attached hydrogen (secondary N) is 2. The number of aromatic nitrogens is 2. The molecular weight excluding hydrogens is 628 g/mol. The smallest absolute Gasteiger partial charge is 0.326 e. The minimum Gasteiger partial charge on any atom is -0.494 e. The zero-order valence-electron chi connectivity index (χ0n) is 29.9. The Labute approximate surface area is 295 Å². The predicted octanol–water partition coefficient (Wildman–Crippen LogP) is 7.78. The summed E-state index contributed by atoms with van der Waals surface area (Å²) in [4.78, 5) is 47.4. The molecule has 0 spiro atoms. The standard InChI is InChI=1S/C41H50N4O5/c1-6-8-9-10-11-24-50-34-22-18-29(19-23-34)32-26-42-37(43-27-32)30-14-12-28(13-15-30)25-36(39(47)44-35(7-2)40(48)49)45-38(46)31-16-20-33(21-17-31)41(3,4)5/h12-23,26-27,35-36H,6-11,24-25H2,1-5H3,(H,44,47)(H,45,46)(H,48,49)/t35-,36-/m0/s1. The van der Waals surface area contributed by atoms with E-state index in [9.17, 15) is 19.5 Å². The molecule has 0 bridgehead atoms. The van der Waals surface area contributed by atoms with Gasteiger partial charge in [0.05, 0.1) is 6.61 Å². The number of carbonyl (C=O) groups excluding carboxylic acids is 2. The quantitative estimate of drug-likeness (QED) is 0.0973. The lowest BCUT2D eigenvalue weighted by Crippen LogP contribution is -2.52. The highest BCUT2D eigenvalue weighted by atomic mass is 16.5. The molecule has 4 aromatic rings. The zero-order valence-corrected chi connectivity index (χ0v) is 29.9. The molecule has 1 heterocycles. The highest BCUT2D eigenvalue weighted by Crippen LogP contribution is 2.25. The molecule has 50 heavy (non-hydrogen) atoms. The van der Waals surface area contributed by atoms with Crippen molar-refractivity contribution in [2.45, 2.75) is 97.1 Å². The molecule has 9 nitrogen and oxygen atoms in total. The molecule has 0 unspecified atom stereocenters. The first-order chi connectivity index (χ1) is 24.0. The van der Waals surface area contributed by atoms with E-state index in [1.54, 1.807) is 31.5 Å². The zero-order chi connectivity index (χ0) is 36.1. The molecule has 0 fully saturated rings. The second-order valence-corrected chi connectivity index (χ2v) is 13.6. The van der Waals surface area contributed by atoms with Gasteiger partial charge in [-0.25, -0.2) is 14.8 Å². The molecule has 3 aromatic carbocycles. The number of rotatable bonds is 17. The van der Waals surface area contributed by atoms with E-state index in [0.717, 1.165) is 46.6 Å². The summed E-state index contributed by atoms with van der Waals surface area (Å²) < 4.78 is 5.89. The number of benzene rings is 3. The van der Waals surface area contributed by atoms with Crippen LogP contribution in [0.1, 0.15) is 94.6 Å². The maximum absolute atomic E-state index is 13.3. The van der Waals surface area contributed by atoms with Crippen molar-refractivity contribution in [1.29, 1.82) is 0 Å². The largest absolute Gasteiger partial charge is 0.494 e. The summed E-state index contributed by atoms with van der Waals surface area (Å²) in [6, 6.07) is 20.6. The third-order valence-electron chi connectivity index (χ3n) is 8.67. The third-order valence-corrected chi connectivity index (χ3v) is 8.67. The van der Waals surface area contributed by atoms with Gasteiger partial charge >= 0.3 is 5.97 Å². The lowest BCUT2D eigenvalue weighted by atomic mass is 9.86. The lowest BCUT2D eigenvalue weighted by molar-refractivity contribution is -0.142. The Morgan fingerprint density at radius 2 is 1.36 bits per heavy atom. The highest BCUT2D eigenvalue weighted by Gasteiger charge is 2.26. The minimum atomic E-state index is -1.13.